The number of aromatic nitrogens is 2. The Morgan fingerprint density at radius 2 is 2.24 bits per heavy atom. The van der Waals surface area contributed by atoms with Gasteiger partial charge in [-0.25, -0.2) is 0 Å². The Labute approximate surface area is 123 Å². The van der Waals surface area contributed by atoms with E-state index in [-0.39, 0.29) is 13.1 Å². The van der Waals surface area contributed by atoms with E-state index in [2.05, 4.69) is 9.82 Å². The van der Waals surface area contributed by atoms with Gasteiger partial charge in [-0.15, -0.1) is 0 Å². The van der Waals surface area contributed by atoms with Gasteiger partial charge < -0.3 is 5.11 Å². The molecule has 1 saturated heterocycles. The van der Waals surface area contributed by atoms with Gasteiger partial charge in [0.2, 0.25) is 0 Å². The smallest absolute Gasteiger partial charge is 0.322 e. The maximum Gasteiger partial charge on any atom is 0.322 e. The minimum Gasteiger partial charge on any atom is -0.480 e. The van der Waals surface area contributed by atoms with Gasteiger partial charge in [-0.05, 0) is 26.2 Å². The lowest BCUT2D eigenvalue weighted by Crippen LogP contribution is -2.51. The molecule has 2 heterocycles. The summed E-state index contributed by atoms with van der Waals surface area (Å²) in [7, 11) is -2.04. The van der Waals surface area contributed by atoms with Crippen molar-refractivity contribution in [2.75, 3.05) is 6.54 Å². The van der Waals surface area contributed by atoms with Crippen LogP contribution in [0.2, 0.25) is 0 Å². The zero-order valence-electron chi connectivity index (χ0n) is 12.1. The van der Waals surface area contributed by atoms with E-state index in [0.717, 1.165) is 22.0 Å². The Morgan fingerprint density at radius 3 is 2.81 bits per heavy atom. The molecular weight excluding hydrogens is 296 g/mol. The molecule has 0 saturated carbocycles. The minimum atomic E-state index is -3.82. The van der Waals surface area contributed by atoms with Crippen LogP contribution < -0.4 is 4.72 Å². The van der Waals surface area contributed by atoms with Crippen molar-refractivity contribution in [3.8, 4) is 0 Å². The first kappa shape index (κ1) is 15.9. The molecule has 2 rings (SSSR count). The van der Waals surface area contributed by atoms with E-state index >= 15 is 0 Å². The SMILES string of the molecule is Cc1c(CNS(=O)(=O)N2CCCCC2C(=O)O)cnn1C. The summed E-state index contributed by atoms with van der Waals surface area (Å²) in [4.78, 5) is 11.2. The molecule has 8 nitrogen and oxygen atoms in total. The minimum absolute atomic E-state index is 0.102. The zero-order valence-corrected chi connectivity index (χ0v) is 12.9. The van der Waals surface area contributed by atoms with Crippen LogP contribution in [-0.2, 0) is 28.6 Å². The largest absolute Gasteiger partial charge is 0.480 e. The van der Waals surface area contributed by atoms with E-state index in [1.807, 2.05) is 6.92 Å². The number of hydrogen-bond acceptors (Lipinski definition) is 4. The predicted octanol–water partition coefficient (Wildman–Crippen LogP) is 0.00202. The van der Waals surface area contributed by atoms with Crippen LogP contribution in [0.25, 0.3) is 0 Å². The Kier molecular flexibility index (Phi) is 4.64. The van der Waals surface area contributed by atoms with Crippen LogP contribution >= 0.6 is 0 Å². The first-order valence-corrected chi connectivity index (χ1v) is 8.23. The standard InChI is InChI=1S/C12H20N4O4S/c1-9-10(7-13-15(9)2)8-14-21(19,20)16-6-4-3-5-11(16)12(17)18/h7,11,14H,3-6,8H2,1-2H3,(H,17,18). The molecule has 1 unspecified atom stereocenters. The maximum atomic E-state index is 12.3. The van der Waals surface area contributed by atoms with Gasteiger partial charge >= 0.3 is 5.97 Å². The first-order chi connectivity index (χ1) is 9.83. The summed E-state index contributed by atoms with van der Waals surface area (Å²) in [6.45, 7) is 2.18. The molecule has 21 heavy (non-hydrogen) atoms. The van der Waals surface area contributed by atoms with Gasteiger partial charge in [0.15, 0.2) is 0 Å². The molecular formula is C12H20N4O4S. The van der Waals surface area contributed by atoms with Crippen molar-refractivity contribution in [1.82, 2.24) is 18.8 Å². The Balaban J connectivity index is 2.10. The number of piperidine rings is 1. The fourth-order valence-electron chi connectivity index (χ4n) is 2.41. The van der Waals surface area contributed by atoms with Crippen molar-refractivity contribution in [1.29, 1.82) is 0 Å². The summed E-state index contributed by atoms with van der Waals surface area (Å²) in [5, 5.41) is 13.2. The summed E-state index contributed by atoms with van der Waals surface area (Å²) in [6.07, 6.45) is 3.35. The molecule has 0 amide bonds. The molecule has 0 bridgehead atoms. The van der Waals surface area contributed by atoms with Crippen LogP contribution in [0.1, 0.15) is 30.5 Å². The Bertz CT molecular complexity index is 625. The normalized spacial score (nSPS) is 20.6. The van der Waals surface area contributed by atoms with Crippen molar-refractivity contribution < 1.29 is 18.3 Å². The summed E-state index contributed by atoms with van der Waals surface area (Å²) >= 11 is 0. The number of carbonyl (C=O) groups is 1. The number of rotatable bonds is 5. The second-order valence-electron chi connectivity index (χ2n) is 5.17. The van der Waals surface area contributed by atoms with E-state index in [0.29, 0.717) is 12.8 Å². The second kappa shape index (κ2) is 6.12. The highest BCUT2D eigenvalue weighted by molar-refractivity contribution is 7.87. The van der Waals surface area contributed by atoms with E-state index in [9.17, 15) is 13.2 Å². The Hall–Kier alpha value is -1.45. The molecule has 1 aromatic rings. The topological polar surface area (TPSA) is 105 Å². The molecule has 2 N–H and O–H groups in total. The number of nitrogens with one attached hydrogen (secondary N) is 1. The molecule has 1 aliphatic heterocycles. The zero-order chi connectivity index (χ0) is 15.6. The van der Waals surface area contributed by atoms with Crippen molar-refractivity contribution in [2.45, 2.75) is 38.8 Å². The van der Waals surface area contributed by atoms with Crippen LogP contribution in [0.15, 0.2) is 6.20 Å². The number of hydrogen-bond donors (Lipinski definition) is 2. The highest BCUT2D eigenvalue weighted by atomic mass is 32.2. The van der Waals surface area contributed by atoms with Crippen molar-refractivity contribution in [3.05, 3.63) is 17.5 Å². The third-order valence-electron chi connectivity index (χ3n) is 3.83. The van der Waals surface area contributed by atoms with Gasteiger partial charge in [0.1, 0.15) is 6.04 Å². The third-order valence-corrected chi connectivity index (χ3v) is 5.39. The Morgan fingerprint density at radius 1 is 1.52 bits per heavy atom. The van der Waals surface area contributed by atoms with Gasteiger partial charge in [-0.3, -0.25) is 9.48 Å². The van der Waals surface area contributed by atoms with E-state index in [1.54, 1.807) is 17.9 Å². The lowest BCUT2D eigenvalue weighted by molar-refractivity contribution is -0.142. The molecule has 1 atom stereocenters. The number of aliphatic carboxylic acids is 1. The number of nitrogens with zero attached hydrogens (tertiary/aromatic N) is 3. The number of carboxylic acids is 1. The predicted molar refractivity (Wildman–Crippen MR) is 75.7 cm³/mol. The van der Waals surface area contributed by atoms with Gasteiger partial charge in [0.05, 0.1) is 6.20 Å². The van der Waals surface area contributed by atoms with Crippen LogP contribution in [0, 0.1) is 6.92 Å². The summed E-state index contributed by atoms with van der Waals surface area (Å²) in [5.74, 6) is -1.10. The van der Waals surface area contributed by atoms with E-state index in [4.69, 9.17) is 5.11 Å². The fourth-order valence-corrected chi connectivity index (χ4v) is 3.81. The lowest BCUT2D eigenvalue weighted by Gasteiger charge is -2.31. The molecule has 1 aliphatic rings. The van der Waals surface area contributed by atoms with Gasteiger partial charge in [-0.2, -0.15) is 22.5 Å². The van der Waals surface area contributed by atoms with Crippen molar-refractivity contribution in [3.63, 3.8) is 0 Å². The van der Waals surface area contributed by atoms with Gasteiger partial charge in [-0.1, -0.05) is 0 Å². The molecule has 0 aromatic carbocycles. The molecule has 118 valence electrons. The molecule has 1 fully saturated rings. The second-order valence-corrected chi connectivity index (χ2v) is 6.87. The third kappa shape index (κ3) is 3.42. The average Bonchev–Trinajstić information content (AvgIpc) is 2.77. The molecule has 9 heteroatoms. The molecule has 0 aliphatic carbocycles. The van der Waals surface area contributed by atoms with Crippen molar-refractivity contribution in [2.24, 2.45) is 7.05 Å². The number of aryl methyl sites for hydroxylation is 1. The van der Waals surface area contributed by atoms with Crippen LogP contribution in [0.4, 0.5) is 0 Å². The fraction of sp³-hybridized carbons (Fsp3) is 0.667. The van der Waals surface area contributed by atoms with Crippen molar-refractivity contribution >= 4 is 16.2 Å². The maximum absolute atomic E-state index is 12.3. The van der Waals surface area contributed by atoms with Crippen LogP contribution in [-0.4, -0.2) is 46.2 Å². The summed E-state index contributed by atoms with van der Waals surface area (Å²) in [5.41, 5.74) is 1.64. The first-order valence-electron chi connectivity index (χ1n) is 6.79. The van der Waals surface area contributed by atoms with E-state index < -0.39 is 22.2 Å². The average molecular weight is 316 g/mol. The lowest BCUT2D eigenvalue weighted by atomic mass is 10.1. The summed E-state index contributed by atoms with van der Waals surface area (Å²) in [6, 6.07) is -0.980. The van der Waals surface area contributed by atoms with Crippen LogP contribution in [0.3, 0.4) is 0 Å². The molecule has 0 radical (unpaired) electrons. The molecule has 0 spiro atoms. The molecule has 1 aromatic heterocycles. The highest BCUT2D eigenvalue weighted by Gasteiger charge is 2.36. The quantitative estimate of drug-likeness (QED) is 0.796. The summed E-state index contributed by atoms with van der Waals surface area (Å²) < 4.78 is 29.8. The van der Waals surface area contributed by atoms with Gasteiger partial charge in [0.25, 0.3) is 10.2 Å². The highest BCUT2D eigenvalue weighted by Crippen LogP contribution is 2.20. The van der Waals surface area contributed by atoms with E-state index in [1.165, 1.54) is 0 Å². The van der Waals surface area contributed by atoms with Gasteiger partial charge in [0, 0.05) is 31.4 Å². The van der Waals surface area contributed by atoms with Crippen LogP contribution in [0.5, 0.6) is 0 Å². The monoisotopic (exact) mass is 316 g/mol. The number of carboxylic acid groups (broad SMARTS) is 1.